The molecule has 1 nitrogen and oxygen atoms in total. The molecule has 0 spiro atoms. The smallest absolute Gasteiger partial charge is 0.0587 e. The Morgan fingerprint density at radius 3 is 2.35 bits per heavy atom. The molecule has 0 aromatic carbocycles. The van der Waals surface area contributed by atoms with Crippen molar-refractivity contribution >= 4 is 8.07 Å². The lowest BCUT2D eigenvalue weighted by atomic mass is 10.1. The summed E-state index contributed by atoms with van der Waals surface area (Å²) in [6, 6.07) is 0. The predicted octanol–water partition coefficient (Wildman–Crippen LogP) is 5.23. The average Bonchev–Trinajstić information content (AvgIpc) is 2.69. The highest BCUT2D eigenvalue weighted by atomic mass is 28.3. The van der Waals surface area contributed by atoms with Crippen molar-refractivity contribution in [3.05, 3.63) is 0 Å². The minimum Gasteiger partial charge on any atom is -0.378 e. The highest BCUT2D eigenvalue weighted by Crippen LogP contribution is 2.49. The van der Waals surface area contributed by atoms with E-state index in [-0.39, 0.29) is 0 Å². The molecule has 2 atom stereocenters. The van der Waals surface area contributed by atoms with Gasteiger partial charge in [-0.15, -0.1) is 0 Å². The Kier molecular flexibility index (Phi) is 5.27. The largest absolute Gasteiger partial charge is 0.378 e. The molecule has 17 heavy (non-hydrogen) atoms. The fourth-order valence-corrected chi connectivity index (χ4v) is 6.14. The van der Waals surface area contributed by atoms with Gasteiger partial charge in [0, 0.05) is 6.61 Å². The Bertz CT molecular complexity index is 224. The van der Waals surface area contributed by atoms with Crippen LogP contribution in [-0.2, 0) is 4.74 Å². The maximum Gasteiger partial charge on any atom is 0.0587 e. The van der Waals surface area contributed by atoms with Gasteiger partial charge in [0.2, 0.25) is 0 Å². The van der Waals surface area contributed by atoms with E-state index in [9.17, 15) is 0 Å². The Balaban J connectivity index is 2.80. The fourth-order valence-electron chi connectivity index (χ4n) is 2.91. The van der Waals surface area contributed by atoms with E-state index in [2.05, 4.69) is 40.8 Å². The Morgan fingerprint density at radius 2 is 1.94 bits per heavy atom. The molecule has 1 heterocycles. The Hall–Kier alpha value is 0.177. The van der Waals surface area contributed by atoms with Gasteiger partial charge in [-0.3, -0.25) is 0 Å². The fraction of sp³-hybridized carbons (Fsp3) is 1.00. The lowest BCUT2D eigenvalue weighted by Gasteiger charge is -2.45. The van der Waals surface area contributed by atoms with Crippen LogP contribution in [0, 0.1) is 0 Å². The van der Waals surface area contributed by atoms with Crippen LogP contribution >= 0.6 is 0 Å². The van der Waals surface area contributed by atoms with Crippen molar-refractivity contribution in [2.24, 2.45) is 0 Å². The van der Waals surface area contributed by atoms with Gasteiger partial charge in [-0.05, 0) is 23.4 Å². The van der Waals surface area contributed by atoms with Crippen molar-refractivity contribution in [3.8, 4) is 0 Å². The summed E-state index contributed by atoms with van der Waals surface area (Å²) < 4.78 is 6.03. The molecule has 0 aliphatic carbocycles. The van der Waals surface area contributed by atoms with Crippen LogP contribution in [0.2, 0.25) is 23.7 Å². The van der Waals surface area contributed by atoms with Gasteiger partial charge in [0.15, 0.2) is 0 Å². The van der Waals surface area contributed by atoms with Gasteiger partial charge in [0.25, 0.3) is 0 Å². The zero-order chi connectivity index (χ0) is 13.1. The molecule has 0 N–H and O–H groups in total. The van der Waals surface area contributed by atoms with E-state index in [1.54, 1.807) is 0 Å². The van der Waals surface area contributed by atoms with Crippen molar-refractivity contribution in [3.63, 3.8) is 0 Å². The number of rotatable bonds is 5. The summed E-state index contributed by atoms with van der Waals surface area (Å²) in [5.41, 5.74) is 0.852. The van der Waals surface area contributed by atoms with Gasteiger partial charge >= 0.3 is 0 Å². The summed E-state index contributed by atoms with van der Waals surface area (Å²) in [6.07, 6.45) is 7.23. The first-order chi connectivity index (χ1) is 7.80. The number of hydrogen-bond donors (Lipinski definition) is 0. The summed E-state index contributed by atoms with van der Waals surface area (Å²) in [5.74, 6) is 0. The predicted molar refractivity (Wildman–Crippen MR) is 79.4 cm³/mol. The van der Waals surface area contributed by atoms with Gasteiger partial charge in [-0.1, -0.05) is 60.1 Å². The second-order valence-electron chi connectivity index (χ2n) is 7.27. The summed E-state index contributed by atoms with van der Waals surface area (Å²) in [4.78, 5) is 0. The van der Waals surface area contributed by atoms with Crippen LogP contribution < -0.4 is 0 Å². The Morgan fingerprint density at radius 1 is 1.29 bits per heavy atom. The van der Waals surface area contributed by atoms with E-state index < -0.39 is 8.07 Å². The lowest BCUT2D eigenvalue weighted by Crippen LogP contribution is -2.46. The third-order valence-corrected chi connectivity index (χ3v) is 11.5. The molecule has 1 aliphatic heterocycles. The first-order valence-corrected chi connectivity index (χ1v) is 10.5. The molecule has 0 radical (unpaired) electrons. The molecule has 1 saturated heterocycles. The van der Waals surface area contributed by atoms with Crippen LogP contribution in [0.15, 0.2) is 0 Å². The quantitative estimate of drug-likeness (QED) is 0.612. The van der Waals surface area contributed by atoms with E-state index >= 15 is 0 Å². The lowest BCUT2D eigenvalue weighted by molar-refractivity contribution is 0.0989. The zero-order valence-electron chi connectivity index (χ0n) is 12.8. The molecule has 0 amide bonds. The van der Waals surface area contributed by atoms with Crippen LogP contribution in [0.25, 0.3) is 0 Å². The highest BCUT2D eigenvalue weighted by Gasteiger charge is 2.45. The van der Waals surface area contributed by atoms with Crippen LogP contribution in [-0.4, -0.2) is 20.8 Å². The molecule has 1 rings (SSSR count). The van der Waals surface area contributed by atoms with E-state index in [1.807, 2.05) is 0 Å². The van der Waals surface area contributed by atoms with Crippen LogP contribution in [0.5, 0.6) is 0 Å². The molecule has 0 unspecified atom stereocenters. The number of unbranched alkanes of at least 4 members (excludes halogenated alkanes) is 1. The molecule has 0 aromatic rings. The standard InChI is InChI=1S/C15H32OSi/c1-7-8-11-14(13-10-9-12-16-13)17(5,6)15(2,3)4/h13-14H,7-12H2,1-6H3/t13-,14+/m1/s1. The molecule has 0 aromatic heterocycles. The number of ether oxygens (including phenoxy) is 1. The summed E-state index contributed by atoms with van der Waals surface area (Å²) in [6.45, 7) is 15.8. The molecular weight excluding hydrogens is 224 g/mol. The van der Waals surface area contributed by atoms with E-state index in [0.717, 1.165) is 12.1 Å². The molecule has 102 valence electrons. The van der Waals surface area contributed by atoms with Gasteiger partial charge < -0.3 is 4.74 Å². The molecular formula is C15H32OSi. The van der Waals surface area contributed by atoms with Crippen LogP contribution in [0.4, 0.5) is 0 Å². The minimum absolute atomic E-state index is 0.483. The van der Waals surface area contributed by atoms with Crippen molar-refractivity contribution in [2.45, 2.75) is 89.6 Å². The van der Waals surface area contributed by atoms with Crippen molar-refractivity contribution in [1.29, 1.82) is 0 Å². The second kappa shape index (κ2) is 5.88. The average molecular weight is 257 g/mol. The number of hydrogen-bond acceptors (Lipinski definition) is 1. The van der Waals surface area contributed by atoms with Crippen molar-refractivity contribution in [2.75, 3.05) is 6.61 Å². The van der Waals surface area contributed by atoms with E-state index in [1.165, 1.54) is 32.1 Å². The van der Waals surface area contributed by atoms with Gasteiger partial charge in [-0.2, -0.15) is 0 Å². The summed E-state index contributed by atoms with van der Waals surface area (Å²) in [7, 11) is -1.26. The topological polar surface area (TPSA) is 9.23 Å². The van der Waals surface area contributed by atoms with E-state index in [4.69, 9.17) is 4.74 Å². The molecule has 2 heteroatoms. The van der Waals surface area contributed by atoms with Crippen LogP contribution in [0.3, 0.4) is 0 Å². The third-order valence-electron chi connectivity index (χ3n) is 5.14. The first kappa shape index (κ1) is 15.2. The Labute approximate surface area is 109 Å². The zero-order valence-corrected chi connectivity index (χ0v) is 13.8. The summed E-state index contributed by atoms with van der Waals surface area (Å²) >= 11 is 0. The molecule has 0 saturated carbocycles. The molecule has 1 fully saturated rings. The maximum atomic E-state index is 6.03. The SMILES string of the molecule is CCCC[C@@H]([C@H]1CCCO1)[Si](C)(C)C(C)(C)C. The highest BCUT2D eigenvalue weighted by molar-refractivity contribution is 6.81. The van der Waals surface area contributed by atoms with Gasteiger partial charge in [-0.25, -0.2) is 0 Å². The summed E-state index contributed by atoms with van der Waals surface area (Å²) in [5, 5.41) is 0.483. The van der Waals surface area contributed by atoms with Crippen molar-refractivity contribution < 1.29 is 4.74 Å². The first-order valence-electron chi connectivity index (χ1n) is 7.42. The molecule has 1 aliphatic rings. The third kappa shape index (κ3) is 3.57. The monoisotopic (exact) mass is 256 g/mol. The minimum atomic E-state index is -1.26. The normalized spacial score (nSPS) is 24.0. The van der Waals surface area contributed by atoms with Gasteiger partial charge in [0.05, 0.1) is 14.2 Å². The van der Waals surface area contributed by atoms with Gasteiger partial charge in [0.1, 0.15) is 0 Å². The maximum absolute atomic E-state index is 6.03. The van der Waals surface area contributed by atoms with Crippen molar-refractivity contribution in [1.82, 2.24) is 0 Å². The molecule has 0 bridgehead atoms. The second-order valence-corrected chi connectivity index (χ2v) is 13.0. The van der Waals surface area contributed by atoms with Crippen LogP contribution in [0.1, 0.15) is 59.8 Å². The van der Waals surface area contributed by atoms with E-state index in [0.29, 0.717) is 11.1 Å².